The van der Waals surface area contributed by atoms with Gasteiger partial charge in [0, 0.05) is 39.7 Å². The minimum absolute atomic E-state index is 0.00314. The van der Waals surface area contributed by atoms with Crippen molar-refractivity contribution in [2.24, 2.45) is 13.0 Å². The fraction of sp³-hybridized carbons (Fsp3) is 0.615. The number of hydrogen-bond acceptors (Lipinski definition) is 4. The van der Waals surface area contributed by atoms with Gasteiger partial charge in [-0.15, -0.1) is 0 Å². The lowest BCUT2D eigenvalue weighted by atomic mass is 10.1. The molecular formula is C13H20N4O3. The molecule has 0 radical (unpaired) electrons. The minimum Gasteiger partial charge on any atom is -0.383 e. The van der Waals surface area contributed by atoms with Crippen molar-refractivity contribution in [3.05, 3.63) is 11.8 Å². The topological polar surface area (TPSA) is 76.5 Å². The van der Waals surface area contributed by atoms with Gasteiger partial charge in [-0.2, -0.15) is 5.10 Å². The van der Waals surface area contributed by atoms with Crippen LogP contribution in [0, 0.1) is 12.8 Å². The van der Waals surface area contributed by atoms with Crippen LogP contribution in [0.3, 0.4) is 0 Å². The van der Waals surface area contributed by atoms with E-state index < -0.39 is 0 Å². The summed E-state index contributed by atoms with van der Waals surface area (Å²) >= 11 is 0. The van der Waals surface area contributed by atoms with E-state index in [1.807, 2.05) is 6.92 Å². The number of rotatable bonds is 5. The van der Waals surface area contributed by atoms with Gasteiger partial charge >= 0.3 is 0 Å². The fourth-order valence-corrected chi connectivity index (χ4v) is 2.32. The average molecular weight is 280 g/mol. The standard InChI is InChI=1S/C13H20N4O3/c1-9-6-11(16(2)15-9)14-13(19)10-7-12(18)17(8-10)4-5-20-3/h6,10H,4-5,7-8H2,1-3H3,(H,14,19). The summed E-state index contributed by atoms with van der Waals surface area (Å²) in [6.07, 6.45) is 0.256. The van der Waals surface area contributed by atoms with Gasteiger partial charge in [-0.25, -0.2) is 0 Å². The highest BCUT2D eigenvalue weighted by atomic mass is 16.5. The lowest BCUT2D eigenvalue weighted by molar-refractivity contribution is -0.128. The van der Waals surface area contributed by atoms with Crippen molar-refractivity contribution < 1.29 is 14.3 Å². The number of aryl methyl sites for hydroxylation is 2. The number of methoxy groups -OCH3 is 1. The van der Waals surface area contributed by atoms with Crippen LogP contribution in [0.5, 0.6) is 0 Å². The normalized spacial score (nSPS) is 18.6. The van der Waals surface area contributed by atoms with Crippen molar-refractivity contribution in [1.29, 1.82) is 0 Å². The molecule has 2 heterocycles. The minimum atomic E-state index is -0.311. The first kappa shape index (κ1) is 14.5. The van der Waals surface area contributed by atoms with E-state index in [4.69, 9.17) is 4.74 Å². The summed E-state index contributed by atoms with van der Waals surface area (Å²) in [5.41, 5.74) is 0.840. The number of ether oxygens (including phenoxy) is 1. The first-order valence-electron chi connectivity index (χ1n) is 6.59. The van der Waals surface area contributed by atoms with Crippen LogP contribution in [0.25, 0.3) is 0 Å². The van der Waals surface area contributed by atoms with Gasteiger partial charge in [0.25, 0.3) is 0 Å². The Morgan fingerprint density at radius 1 is 1.60 bits per heavy atom. The highest BCUT2D eigenvalue weighted by Crippen LogP contribution is 2.19. The average Bonchev–Trinajstić information content (AvgIpc) is 2.90. The van der Waals surface area contributed by atoms with Gasteiger partial charge in [-0.3, -0.25) is 14.3 Å². The van der Waals surface area contributed by atoms with Crippen molar-refractivity contribution in [1.82, 2.24) is 14.7 Å². The zero-order valence-corrected chi connectivity index (χ0v) is 12.0. The van der Waals surface area contributed by atoms with Gasteiger partial charge in [-0.1, -0.05) is 0 Å². The Balaban J connectivity index is 1.94. The number of likely N-dealkylation sites (tertiary alicyclic amines) is 1. The summed E-state index contributed by atoms with van der Waals surface area (Å²) in [4.78, 5) is 25.6. The molecule has 0 saturated carbocycles. The first-order valence-corrected chi connectivity index (χ1v) is 6.59. The van der Waals surface area contributed by atoms with Crippen molar-refractivity contribution in [3.63, 3.8) is 0 Å². The second kappa shape index (κ2) is 6.04. The Bertz CT molecular complexity index is 512. The van der Waals surface area contributed by atoms with Gasteiger partial charge in [0.1, 0.15) is 5.82 Å². The van der Waals surface area contributed by atoms with Crippen LogP contribution in [-0.4, -0.2) is 53.3 Å². The summed E-state index contributed by atoms with van der Waals surface area (Å²) in [6, 6.07) is 1.80. The summed E-state index contributed by atoms with van der Waals surface area (Å²) < 4.78 is 6.57. The highest BCUT2D eigenvalue weighted by Gasteiger charge is 2.34. The van der Waals surface area contributed by atoms with Crippen molar-refractivity contribution >= 4 is 17.6 Å². The fourth-order valence-electron chi connectivity index (χ4n) is 2.32. The zero-order valence-electron chi connectivity index (χ0n) is 12.0. The molecule has 1 atom stereocenters. The maximum Gasteiger partial charge on any atom is 0.230 e. The van der Waals surface area contributed by atoms with Crippen LogP contribution in [0.15, 0.2) is 6.07 Å². The molecule has 0 bridgehead atoms. The lowest BCUT2D eigenvalue weighted by Crippen LogP contribution is -2.31. The van der Waals surface area contributed by atoms with E-state index in [-0.39, 0.29) is 24.2 Å². The molecule has 2 rings (SSSR count). The molecule has 1 aliphatic rings. The Morgan fingerprint density at radius 3 is 2.95 bits per heavy atom. The van der Waals surface area contributed by atoms with E-state index in [0.717, 1.165) is 5.69 Å². The summed E-state index contributed by atoms with van der Waals surface area (Å²) in [6.45, 7) is 3.33. The number of carbonyl (C=O) groups is 2. The molecule has 1 aliphatic heterocycles. The predicted molar refractivity (Wildman–Crippen MR) is 73.1 cm³/mol. The van der Waals surface area contributed by atoms with Crippen LogP contribution in [-0.2, 0) is 21.4 Å². The van der Waals surface area contributed by atoms with Crippen molar-refractivity contribution in [2.75, 3.05) is 32.1 Å². The summed E-state index contributed by atoms with van der Waals surface area (Å²) in [7, 11) is 3.36. The Hall–Kier alpha value is -1.89. The molecule has 0 spiro atoms. The van der Waals surface area contributed by atoms with Crippen molar-refractivity contribution in [2.45, 2.75) is 13.3 Å². The van der Waals surface area contributed by atoms with Gasteiger partial charge in [-0.05, 0) is 6.92 Å². The number of nitrogens with one attached hydrogen (secondary N) is 1. The molecular weight excluding hydrogens is 260 g/mol. The second-order valence-corrected chi connectivity index (χ2v) is 5.02. The maximum atomic E-state index is 12.2. The number of carbonyl (C=O) groups excluding carboxylic acids is 2. The molecule has 1 unspecified atom stereocenters. The third-order valence-corrected chi connectivity index (χ3v) is 3.40. The molecule has 0 aromatic carbocycles. The number of nitrogens with zero attached hydrogens (tertiary/aromatic N) is 3. The zero-order chi connectivity index (χ0) is 14.7. The quantitative estimate of drug-likeness (QED) is 0.833. The lowest BCUT2D eigenvalue weighted by Gasteiger charge is -2.15. The molecule has 1 aromatic heterocycles. The smallest absolute Gasteiger partial charge is 0.230 e. The molecule has 0 aliphatic carbocycles. The Kier molecular flexibility index (Phi) is 4.39. The second-order valence-electron chi connectivity index (χ2n) is 5.02. The third kappa shape index (κ3) is 3.16. The van der Waals surface area contributed by atoms with Gasteiger partial charge < -0.3 is 15.0 Å². The number of hydrogen-bond donors (Lipinski definition) is 1. The van der Waals surface area contributed by atoms with Crippen LogP contribution < -0.4 is 5.32 Å². The Labute approximate surface area is 117 Å². The van der Waals surface area contributed by atoms with E-state index >= 15 is 0 Å². The number of aromatic nitrogens is 2. The maximum absolute atomic E-state index is 12.2. The van der Waals surface area contributed by atoms with E-state index in [0.29, 0.717) is 25.5 Å². The molecule has 110 valence electrons. The third-order valence-electron chi connectivity index (χ3n) is 3.40. The predicted octanol–water partition coefficient (Wildman–Crippen LogP) is 0.162. The molecule has 20 heavy (non-hydrogen) atoms. The largest absolute Gasteiger partial charge is 0.383 e. The van der Waals surface area contributed by atoms with E-state index in [9.17, 15) is 9.59 Å². The molecule has 7 nitrogen and oxygen atoms in total. The number of anilines is 1. The molecule has 1 saturated heterocycles. The SMILES string of the molecule is COCCN1CC(C(=O)Nc2cc(C)nn2C)CC1=O. The van der Waals surface area contributed by atoms with Gasteiger partial charge in [0.15, 0.2) is 0 Å². The summed E-state index contributed by atoms with van der Waals surface area (Å²) in [5, 5.41) is 6.99. The van der Waals surface area contributed by atoms with E-state index in [1.165, 1.54) is 0 Å². The molecule has 1 N–H and O–H groups in total. The van der Waals surface area contributed by atoms with Crippen LogP contribution in [0.4, 0.5) is 5.82 Å². The van der Waals surface area contributed by atoms with Crippen molar-refractivity contribution in [3.8, 4) is 0 Å². The van der Waals surface area contributed by atoms with Crippen LogP contribution in [0.1, 0.15) is 12.1 Å². The van der Waals surface area contributed by atoms with Crippen LogP contribution in [0.2, 0.25) is 0 Å². The van der Waals surface area contributed by atoms with Gasteiger partial charge in [0.2, 0.25) is 11.8 Å². The van der Waals surface area contributed by atoms with Gasteiger partial charge in [0.05, 0.1) is 18.2 Å². The molecule has 1 fully saturated rings. The molecule has 7 heteroatoms. The summed E-state index contributed by atoms with van der Waals surface area (Å²) in [5.74, 6) is 0.203. The first-order chi connectivity index (χ1) is 9.51. The van der Waals surface area contributed by atoms with Crippen LogP contribution >= 0.6 is 0 Å². The number of amides is 2. The molecule has 1 aromatic rings. The molecule has 2 amide bonds. The van der Waals surface area contributed by atoms with E-state index in [2.05, 4.69) is 10.4 Å². The monoisotopic (exact) mass is 280 g/mol. The highest BCUT2D eigenvalue weighted by molar-refractivity contribution is 5.96. The van der Waals surface area contributed by atoms with E-state index in [1.54, 1.807) is 29.8 Å². The Morgan fingerprint density at radius 2 is 2.35 bits per heavy atom.